The summed E-state index contributed by atoms with van der Waals surface area (Å²) < 4.78 is 53.4. The number of rotatable bonds is 7. The quantitative estimate of drug-likeness (QED) is 0.147. The summed E-state index contributed by atoms with van der Waals surface area (Å²) in [4.78, 5) is 28.2. The van der Waals surface area contributed by atoms with Gasteiger partial charge in [0.05, 0.1) is 29.5 Å². The SMILES string of the molecule is COc1cccc(-c2cc(C(F)(F)F)n3nc(C(=O)Nc4cc(Oc5ccc(Cl)cc5)cc([N+](=O)[O-])c4)c(Cl)c3n2)c1. The first-order valence-corrected chi connectivity index (χ1v) is 12.5. The third-order valence-electron chi connectivity index (χ3n) is 5.81. The number of nitrogens with one attached hydrogen (secondary N) is 1. The molecule has 2 heterocycles. The number of nitro groups is 1. The molecule has 0 aliphatic rings. The van der Waals surface area contributed by atoms with Crippen LogP contribution in [0.15, 0.2) is 72.8 Å². The number of nitro benzene ring substituents is 1. The van der Waals surface area contributed by atoms with Gasteiger partial charge in [-0.25, -0.2) is 9.50 Å². The fraction of sp³-hybridized carbons (Fsp3) is 0.0741. The molecule has 0 unspecified atom stereocenters. The van der Waals surface area contributed by atoms with E-state index in [1.807, 2.05) is 0 Å². The normalized spacial score (nSPS) is 11.4. The molecule has 15 heteroatoms. The lowest BCUT2D eigenvalue weighted by molar-refractivity contribution is -0.384. The molecule has 0 saturated carbocycles. The number of aromatic nitrogens is 3. The second-order valence-electron chi connectivity index (χ2n) is 8.64. The van der Waals surface area contributed by atoms with Crippen molar-refractivity contribution < 1.29 is 32.4 Å². The molecular weight excluding hydrogens is 602 g/mol. The molecule has 0 spiro atoms. The van der Waals surface area contributed by atoms with E-state index in [0.717, 1.165) is 18.2 Å². The van der Waals surface area contributed by atoms with Crippen molar-refractivity contribution in [3.63, 3.8) is 0 Å². The Morgan fingerprint density at radius 3 is 2.40 bits per heavy atom. The van der Waals surface area contributed by atoms with Crippen molar-refractivity contribution in [2.45, 2.75) is 6.18 Å². The van der Waals surface area contributed by atoms with Crippen LogP contribution in [0.5, 0.6) is 17.2 Å². The Morgan fingerprint density at radius 2 is 1.74 bits per heavy atom. The van der Waals surface area contributed by atoms with E-state index in [-0.39, 0.29) is 17.1 Å². The Kier molecular flexibility index (Phi) is 7.63. The van der Waals surface area contributed by atoms with Crippen molar-refractivity contribution >= 4 is 46.1 Å². The van der Waals surface area contributed by atoms with Crippen LogP contribution in [0.1, 0.15) is 16.2 Å². The number of ether oxygens (including phenoxy) is 2. The number of benzene rings is 3. The number of halogens is 5. The van der Waals surface area contributed by atoms with E-state index in [1.165, 1.54) is 37.4 Å². The maximum absolute atomic E-state index is 14.1. The first-order chi connectivity index (χ1) is 19.9. The first kappa shape index (κ1) is 28.6. The van der Waals surface area contributed by atoms with E-state index in [1.54, 1.807) is 24.3 Å². The zero-order chi connectivity index (χ0) is 30.2. The van der Waals surface area contributed by atoms with Gasteiger partial charge in [0, 0.05) is 22.7 Å². The molecule has 42 heavy (non-hydrogen) atoms. The molecule has 0 bridgehead atoms. The summed E-state index contributed by atoms with van der Waals surface area (Å²) in [5.41, 5.74) is -2.58. The van der Waals surface area contributed by atoms with Crippen molar-refractivity contribution in [2.75, 3.05) is 12.4 Å². The Hall–Kier alpha value is -4.88. The second kappa shape index (κ2) is 11.2. The smallest absolute Gasteiger partial charge is 0.433 e. The van der Waals surface area contributed by atoms with Gasteiger partial charge in [0.1, 0.15) is 22.3 Å². The minimum Gasteiger partial charge on any atom is -0.497 e. The fourth-order valence-electron chi connectivity index (χ4n) is 3.92. The molecule has 2 aromatic heterocycles. The molecule has 10 nitrogen and oxygen atoms in total. The summed E-state index contributed by atoms with van der Waals surface area (Å²) in [5.74, 6) is -0.358. The number of amides is 1. The molecule has 1 N–H and O–H groups in total. The topological polar surface area (TPSA) is 121 Å². The number of hydrogen-bond acceptors (Lipinski definition) is 7. The molecule has 0 atom stereocenters. The summed E-state index contributed by atoms with van der Waals surface area (Å²) in [5, 5.41) is 17.7. The number of fused-ring (bicyclic) bond motifs is 1. The largest absolute Gasteiger partial charge is 0.497 e. The van der Waals surface area contributed by atoms with Crippen LogP contribution >= 0.6 is 23.2 Å². The predicted octanol–water partition coefficient (Wildman–Crippen LogP) is 7.68. The number of hydrogen-bond donors (Lipinski definition) is 1. The maximum atomic E-state index is 14.1. The molecule has 5 aromatic rings. The number of methoxy groups -OCH3 is 1. The Morgan fingerprint density at radius 1 is 1.00 bits per heavy atom. The van der Waals surface area contributed by atoms with Crippen molar-refractivity contribution in [2.24, 2.45) is 0 Å². The van der Waals surface area contributed by atoms with Crippen LogP contribution in [-0.2, 0) is 6.18 Å². The minimum absolute atomic E-state index is 0.00752. The molecule has 214 valence electrons. The third kappa shape index (κ3) is 5.92. The third-order valence-corrected chi connectivity index (χ3v) is 6.41. The standard InChI is InChI=1S/C27H16Cl2F3N5O5/c1-41-19-4-2-3-14(9-19)21-13-22(27(30,31)32)36-25(34-21)23(29)24(35-36)26(38)33-16-10-17(37(39)40)12-20(11-16)42-18-7-5-15(28)6-8-18/h2-13H,1H3,(H,33,38). The highest BCUT2D eigenvalue weighted by Gasteiger charge is 2.37. The van der Waals surface area contributed by atoms with E-state index in [9.17, 15) is 28.1 Å². The van der Waals surface area contributed by atoms with E-state index in [0.29, 0.717) is 26.6 Å². The molecule has 0 radical (unpaired) electrons. The fourth-order valence-corrected chi connectivity index (χ4v) is 4.29. The first-order valence-electron chi connectivity index (χ1n) is 11.8. The van der Waals surface area contributed by atoms with Crippen LogP contribution in [0, 0.1) is 10.1 Å². The van der Waals surface area contributed by atoms with Crippen LogP contribution in [0.4, 0.5) is 24.5 Å². The van der Waals surface area contributed by atoms with Gasteiger partial charge in [-0.3, -0.25) is 14.9 Å². The van der Waals surface area contributed by atoms with Gasteiger partial charge >= 0.3 is 6.18 Å². The van der Waals surface area contributed by atoms with Crippen LogP contribution in [-0.4, -0.2) is 32.5 Å². The van der Waals surface area contributed by atoms with E-state index in [2.05, 4.69) is 15.4 Å². The summed E-state index contributed by atoms with van der Waals surface area (Å²) in [6.07, 6.45) is -4.90. The molecule has 0 aliphatic carbocycles. The highest BCUT2D eigenvalue weighted by molar-refractivity contribution is 6.37. The molecule has 3 aromatic carbocycles. The van der Waals surface area contributed by atoms with Gasteiger partial charge in [0.25, 0.3) is 11.6 Å². The Balaban J connectivity index is 1.54. The van der Waals surface area contributed by atoms with Crippen molar-refractivity contribution in [1.82, 2.24) is 14.6 Å². The molecular formula is C27H16Cl2F3N5O5. The van der Waals surface area contributed by atoms with Crippen LogP contribution in [0.2, 0.25) is 10.0 Å². The average molecular weight is 618 g/mol. The van der Waals surface area contributed by atoms with Gasteiger partial charge in [0.2, 0.25) is 0 Å². The van der Waals surface area contributed by atoms with Gasteiger partial charge in [-0.1, -0.05) is 35.3 Å². The van der Waals surface area contributed by atoms with Gasteiger partial charge in [-0.05, 0) is 42.5 Å². The van der Waals surface area contributed by atoms with Crippen LogP contribution in [0.25, 0.3) is 16.9 Å². The van der Waals surface area contributed by atoms with Crippen molar-refractivity contribution in [1.29, 1.82) is 0 Å². The molecule has 0 aliphatic heterocycles. The zero-order valence-electron chi connectivity index (χ0n) is 21.1. The van der Waals surface area contributed by atoms with Gasteiger partial charge in [0.15, 0.2) is 17.0 Å². The van der Waals surface area contributed by atoms with Crippen molar-refractivity contribution in [3.8, 4) is 28.5 Å². The lowest BCUT2D eigenvalue weighted by atomic mass is 10.1. The lowest BCUT2D eigenvalue weighted by Gasteiger charge is -2.11. The number of anilines is 1. The highest BCUT2D eigenvalue weighted by Crippen LogP contribution is 2.36. The van der Waals surface area contributed by atoms with Gasteiger partial charge < -0.3 is 14.8 Å². The van der Waals surface area contributed by atoms with Gasteiger partial charge in [-0.15, -0.1) is 0 Å². The number of carbonyl (C=O) groups excluding carboxylic acids is 1. The average Bonchev–Trinajstić information content (AvgIpc) is 3.29. The monoisotopic (exact) mass is 617 g/mol. The van der Waals surface area contributed by atoms with E-state index < -0.39 is 44.8 Å². The maximum Gasteiger partial charge on any atom is 0.433 e. The summed E-state index contributed by atoms with van der Waals surface area (Å²) in [6.45, 7) is 0. The second-order valence-corrected chi connectivity index (χ2v) is 9.45. The summed E-state index contributed by atoms with van der Waals surface area (Å²) in [7, 11) is 1.41. The molecule has 0 saturated heterocycles. The minimum atomic E-state index is -4.90. The summed E-state index contributed by atoms with van der Waals surface area (Å²) >= 11 is 12.2. The lowest BCUT2D eigenvalue weighted by Crippen LogP contribution is -2.16. The van der Waals surface area contributed by atoms with E-state index in [4.69, 9.17) is 32.7 Å². The zero-order valence-corrected chi connectivity index (χ0v) is 22.7. The molecule has 5 rings (SSSR count). The van der Waals surface area contributed by atoms with Crippen LogP contribution in [0.3, 0.4) is 0 Å². The number of alkyl halides is 3. The predicted molar refractivity (Wildman–Crippen MR) is 148 cm³/mol. The van der Waals surface area contributed by atoms with Gasteiger partial charge in [-0.2, -0.15) is 18.3 Å². The van der Waals surface area contributed by atoms with Crippen LogP contribution < -0.4 is 14.8 Å². The Bertz CT molecular complexity index is 1850. The molecule has 1 amide bonds. The van der Waals surface area contributed by atoms with Crippen molar-refractivity contribution in [3.05, 3.63) is 104 Å². The van der Waals surface area contributed by atoms with E-state index >= 15 is 0 Å². The highest BCUT2D eigenvalue weighted by atomic mass is 35.5. The summed E-state index contributed by atoms with van der Waals surface area (Å²) in [6, 6.07) is 16.6. The number of nitrogens with zero attached hydrogens (tertiary/aromatic N) is 4. The molecule has 0 fully saturated rings. The number of non-ortho nitro benzene ring substituents is 1. The Labute approximate surface area is 244 Å². The number of carbonyl (C=O) groups is 1.